The summed E-state index contributed by atoms with van der Waals surface area (Å²) >= 11 is 0. The lowest BCUT2D eigenvalue weighted by atomic mass is 9.76. The van der Waals surface area contributed by atoms with E-state index in [1.54, 1.807) is 0 Å². The van der Waals surface area contributed by atoms with E-state index in [2.05, 4.69) is 22.4 Å². The molecule has 0 aliphatic heterocycles. The number of H-pyrrole nitrogens is 1. The van der Waals surface area contributed by atoms with E-state index in [1.165, 1.54) is 0 Å². The van der Waals surface area contributed by atoms with Crippen molar-refractivity contribution < 1.29 is 9.90 Å². The van der Waals surface area contributed by atoms with Crippen molar-refractivity contribution in [2.75, 3.05) is 12.3 Å². The molecule has 6 nitrogen and oxygen atoms in total. The Morgan fingerprint density at radius 3 is 2.86 bits per heavy atom. The number of nitrogens with two attached hydrogens (primary N) is 1. The topological polar surface area (TPSA) is 104 Å². The van der Waals surface area contributed by atoms with Crippen LogP contribution in [0.25, 0.3) is 0 Å². The summed E-state index contributed by atoms with van der Waals surface area (Å²) in [5.74, 6) is 0.369. The smallest absolute Gasteiger partial charge is 0.274 e. The number of nitrogens with one attached hydrogen (secondary N) is 2. The number of nitrogens with zero attached hydrogens (tertiary/aromatic N) is 1. The average Bonchev–Trinajstić information content (AvgIpc) is 2.80. The van der Waals surface area contributed by atoms with Crippen LogP contribution in [0.3, 0.4) is 0 Å². The molecule has 0 radical (unpaired) electrons. The number of aromatic nitrogens is 2. The van der Waals surface area contributed by atoms with Gasteiger partial charge >= 0.3 is 0 Å². The maximum atomic E-state index is 12.5. The average molecular weight is 294 g/mol. The van der Waals surface area contributed by atoms with Crippen molar-refractivity contribution in [3.05, 3.63) is 11.4 Å². The Kier molecular flexibility index (Phi) is 4.56. The van der Waals surface area contributed by atoms with Crippen LogP contribution in [0.1, 0.15) is 68.6 Å². The minimum Gasteiger partial charge on any atom is -0.395 e. The lowest BCUT2D eigenvalue weighted by Crippen LogP contribution is -2.54. The maximum Gasteiger partial charge on any atom is 0.274 e. The van der Waals surface area contributed by atoms with Crippen molar-refractivity contribution in [2.24, 2.45) is 5.92 Å². The normalized spacial score (nSPS) is 26.0. The zero-order chi connectivity index (χ0) is 15.6. The van der Waals surface area contributed by atoms with Crippen molar-refractivity contribution in [3.63, 3.8) is 0 Å². The van der Waals surface area contributed by atoms with Gasteiger partial charge in [-0.05, 0) is 24.7 Å². The van der Waals surface area contributed by atoms with E-state index in [4.69, 9.17) is 5.73 Å². The van der Waals surface area contributed by atoms with Gasteiger partial charge in [0.2, 0.25) is 0 Å². The van der Waals surface area contributed by atoms with Crippen molar-refractivity contribution in [1.29, 1.82) is 0 Å². The number of nitrogen functional groups attached to an aromatic ring is 1. The van der Waals surface area contributed by atoms with Gasteiger partial charge in [-0.3, -0.25) is 9.89 Å². The van der Waals surface area contributed by atoms with E-state index in [0.29, 0.717) is 11.6 Å². The van der Waals surface area contributed by atoms with Gasteiger partial charge in [0.05, 0.1) is 23.5 Å². The lowest BCUT2D eigenvalue weighted by molar-refractivity contribution is 0.0693. The maximum absolute atomic E-state index is 12.5. The van der Waals surface area contributed by atoms with E-state index < -0.39 is 5.54 Å². The molecule has 1 heterocycles. The van der Waals surface area contributed by atoms with Crippen LogP contribution in [0.5, 0.6) is 0 Å². The number of hydrogen-bond acceptors (Lipinski definition) is 4. The Hall–Kier alpha value is -1.56. The molecule has 6 heteroatoms. The highest BCUT2D eigenvalue weighted by Crippen LogP contribution is 2.32. The number of carbonyl (C=O) groups excluding carboxylic acids is 1. The van der Waals surface area contributed by atoms with Crippen LogP contribution in [0.4, 0.5) is 5.69 Å². The first-order valence-electron chi connectivity index (χ1n) is 7.65. The summed E-state index contributed by atoms with van der Waals surface area (Å²) in [5, 5.41) is 19.6. The monoisotopic (exact) mass is 294 g/mol. The Morgan fingerprint density at radius 1 is 1.62 bits per heavy atom. The van der Waals surface area contributed by atoms with Crippen molar-refractivity contribution >= 4 is 11.6 Å². The molecule has 1 aliphatic rings. The van der Waals surface area contributed by atoms with Crippen LogP contribution in [0, 0.1) is 5.92 Å². The Balaban J connectivity index is 2.16. The third-order valence-electron chi connectivity index (χ3n) is 4.40. The third kappa shape index (κ3) is 3.20. The SMILES string of the molecule is CC1CCCC(CO)(NC(=O)c2n[nH]c(C(C)C)c2N)C1. The molecule has 1 saturated carbocycles. The molecule has 2 atom stereocenters. The molecule has 0 aromatic carbocycles. The summed E-state index contributed by atoms with van der Waals surface area (Å²) in [6.45, 7) is 6.08. The molecule has 1 aromatic heterocycles. The number of aliphatic hydroxyl groups is 1. The molecule has 1 amide bonds. The number of anilines is 1. The number of amides is 1. The van der Waals surface area contributed by atoms with Gasteiger partial charge < -0.3 is 16.2 Å². The third-order valence-corrected chi connectivity index (χ3v) is 4.40. The van der Waals surface area contributed by atoms with Gasteiger partial charge in [0.1, 0.15) is 0 Å². The summed E-state index contributed by atoms with van der Waals surface area (Å²) in [7, 11) is 0. The fourth-order valence-corrected chi connectivity index (χ4v) is 3.23. The second-order valence-electron chi connectivity index (χ2n) is 6.65. The summed E-state index contributed by atoms with van der Waals surface area (Å²) < 4.78 is 0. The molecular weight excluding hydrogens is 268 g/mol. The molecule has 1 aromatic rings. The van der Waals surface area contributed by atoms with Gasteiger partial charge in [-0.1, -0.05) is 33.6 Å². The van der Waals surface area contributed by atoms with E-state index in [1.807, 2.05) is 13.8 Å². The van der Waals surface area contributed by atoms with E-state index in [-0.39, 0.29) is 24.1 Å². The Bertz CT molecular complexity index is 512. The quantitative estimate of drug-likeness (QED) is 0.679. The summed E-state index contributed by atoms with van der Waals surface area (Å²) in [6.07, 6.45) is 3.73. The number of carbonyl (C=O) groups is 1. The summed E-state index contributed by atoms with van der Waals surface area (Å²) in [4.78, 5) is 12.5. The van der Waals surface area contributed by atoms with Crippen LogP contribution in [0.15, 0.2) is 0 Å². The largest absolute Gasteiger partial charge is 0.395 e. The molecule has 118 valence electrons. The van der Waals surface area contributed by atoms with Gasteiger partial charge in [-0.15, -0.1) is 0 Å². The molecule has 0 saturated heterocycles. The first-order chi connectivity index (χ1) is 9.88. The standard InChI is InChI=1S/C15H26N4O2/c1-9(2)12-11(16)13(19-18-12)14(21)17-15(8-20)6-4-5-10(3)7-15/h9-10,20H,4-8,16H2,1-3H3,(H,17,21)(H,18,19). The zero-order valence-corrected chi connectivity index (χ0v) is 13.1. The van der Waals surface area contributed by atoms with E-state index in [9.17, 15) is 9.90 Å². The van der Waals surface area contributed by atoms with E-state index >= 15 is 0 Å². The van der Waals surface area contributed by atoms with Crippen molar-refractivity contribution in [2.45, 2.75) is 57.9 Å². The van der Waals surface area contributed by atoms with Gasteiger partial charge in [0, 0.05) is 0 Å². The predicted molar refractivity (Wildman–Crippen MR) is 82.0 cm³/mol. The van der Waals surface area contributed by atoms with Gasteiger partial charge in [0.25, 0.3) is 5.91 Å². The zero-order valence-electron chi connectivity index (χ0n) is 13.1. The molecule has 0 bridgehead atoms. The first-order valence-corrected chi connectivity index (χ1v) is 7.65. The fraction of sp³-hybridized carbons (Fsp3) is 0.733. The first kappa shape index (κ1) is 15.8. The van der Waals surface area contributed by atoms with Crippen LogP contribution in [-0.4, -0.2) is 33.4 Å². The highest BCUT2D eigenvalue weighted by atomic mass is 16.3. The fourth-order valence-electron chi connectivity index (χ4n) is 3.23. The number of rotatable bonds is 4. The van der Waals surface area contributed by atoms with Gasteiger partial charge in [0.15, 0.2) is 5.69 Å². The predicted octanol–water partition coefficient (Wildman–Crippen LogP) is 1.79. The molecule has 5 N–H and O–H groups in total. The Morgan fingerprint density at radius 2 is 2.33 bits per heavy atom. The number of aliphatic hydroxyl groups excluding tert-OH is 1. The van der Waals surface area contributed by atoms with Crippen LogP contribution in [0.2, 0.25) is 0 Å². The highest BCUT2D eigenvalue weighted by Gasteiger charge is 2.37. The minimum atomic E-state index is -0.544. The second-order valence-corrected chi connectivity index (χ2v) is 6.65. The lowest BCUT2D eigenvalue weighted by Gasteiger charge is -2.39. The summed E-state index contributed by atoms with van der Waals surface area (Å²) in [6, 6.07) is 0. The molecule has 0 spiro atoms. The van der Waals surface area contributed by atoms with Gasteiger partial charge in [-0.25, -0.2) is 0 Å². The second kappa shape index (κ2) is 6.05. The van der Waals surface area contributed by atoms with E-state index in [0.717, 1.165) is 31.4 Å². The molecule has 1 fully saturated rings. The highest BCUT2D eigenvalue weighted by molar-refractivity contribution is 5.98. The van der Waals surface area contributed by atoms with Crippen LogP contribution < -0.4 is 11.1 Å². The van der Waals surface area contributed by atoms with Crippen LogP contribution in [-0.2, 0) is 0 Å². The molecule has 1 aliphatic carbocycles. The summed E-state index contributed by atoms with van der Waals surface area (Å²) in [5.41, 5.74) is 6.86. The van der Waals surface area contributed by atoms with Crippen molar-refractivity contribution in [1.82, 2.24) is 15.5 Å². The van der Waals surface area contributed by atoms with Crippen LogP contribution >= 0.6 is 0 Å². The minimum absolute atomic E-state index is 0.0511. The molecule has 2 rings (SSSR count). The number of hydrogen-bond donors (Lipinski definition) is 4. The molecular formula is C15H26N4O2. The van der Waals surface area contributed by atoms with Gasteiger partial charge in [-0.2, -0.15) is 5.10 Å². The van der Waals surface area contributed by atoms with Crippen molar-refractivity contribution in [3.8, 4) is 0 Å². The Labute approximate surface area is 125 Å². The molecule has 2 unspecified atom stereocenters. The number of aromatic amines is 1. The molecule has 21 heavy (non-hydrogen) atoms.